The highest BCUT2D eigenvalue weighted by molar-refractivity contribution is 8.02. The van der Waals surface area contributed by atoms with Crippen LogP contribution in [0, 0.1) is 0 Å². The summed E-state index contributed by atoms with van der Waals surface area (Å²) in [5.41, 5.74) is 0. The Morgan fingerprint density at radius 3 is 3.10 bits per heavy atom. The lowest BCUT2D eigenvalue weighted by atomic mass is 10.5. The molecule has 0 saturated carbocycles. The van der Waals surface area contributed by atoms with Crippen molar-refractivity contribution < 1.29 is 5.11 Å². The highest BCUT2D eigenvalue weighted by Gasteiger charge is 2.10. The molecule has 1 aliphatic heterocycles. The predicted octanol–water partition coefficient (Wildman–Crippen LogP) is 1.02. The SMILES string of the molecule is OCCCSN1CCSC1. The van der Waals surface area contributed by atoms with Crippen LogP contribution in [-0.4, -0.2) is 39.9 Å². The average molecular weight is 179 g/mol. The molecule has 1 rings (SSSR count). The predicted molar refractivity (Wildman–Crippen MR) is 48.2 cm³/mol. The molecule has 0 radical (unpaired) electrons. The lowest BCUT2D eigenvalue weighted by Crippen LogP contribution is -2.10. The normalized spacial score (nSPS) is 20.1. The van der Waals surface area contributed by atoms with Gasteiger partial charge in [0.25, 0.3) is 0 Å². The van der Waals surface area contributed by atoms with Gasteiger partial charge in [-0.2, -0.15) is 0 Å². The van der Waals surface area contributed by atoms with E-state index in [1.165, 1.54) is 12.3 Å². The van der Waals surface area contributed by atoms with Gasteiger partial charge in [-0.1, -0.05) is 11.9 Å². The number of aliphatic hydroxyl groups excluding tert-OH is 1. The van der Waals surface area contributed by atoms with Gasteiger partial charge in [0.05, 0.1) is 5.88 Å². The molecule has 4 heteroatoms. The summed E-state index contributed by atoms with van der Waals surface area (Å²) in [6, 6.07) is 0. The van der Waals surface area contributed by atoms with Crippen molar-refractivity contribution in [1.82, 2.24) is 4.31 Å². The quantitative estimate of drug-likeness (QED) is 0.514. The average Bonchev–Trinajstić information content (AvgIpc) is 2.41. The van der Waals surface area contributed by atoms with E-state index >= 15 is 0 Å². The van der Waals surface area contributed by atoms with Crippen LogP contribution in [-0.2, 0) is 0 Å². The third-order valence-corrected chi connectivity index (χ3v) is 3.57. The Bertz CT molecular complexity index is 85.8. The van der Waals surface area contributed by atoms with Crippen LogP contribution in [0.3, 0.4) is 0 Å². The fourth-order valence-electron chi connectivity index (χ4n) is 0.757. The first kappa shape index (κ1) is 8.71. The molecule has 0 atom stereocenters. The third-order valence-electron chi connectivity index (χ3n) is 1.30. The van der Waals surface area contributed by atoms with Crippen LogP contribution < -0.4 is 0 Å². The molecular weight excluding hydrogens is 166 g/mol. The minimum absolute atomic E-state index is 0.327. The van der Waals surface area contributed by atoms with Crippen LogP contribution in [0.2, 0.25) is 0 Å². The molecule has 1 N–H and O–H groups in total. The van der Waals surface area contributed by atoms with Gasteiger partial charge in [0, 0.05) is 24.7 Å². The van der Waals surface area contributed by atoms with E-state index in [0.29, 0.717) is 6.61 Å². The Balaban J connectivity index is 1.91. The number of hydrogen-bond donors (Lipinski definition) is 1. The molecule has 1 saturated heterocycles. The molecule has 1 aliphatic rings. The number of rotatable bonds is 4. The van der Waals surface area contributed by atoms with Gasteiger partial charge in [-0.05, 0) is 6.42 Å². The van der Waals surface area contributed by atoms with E-state index in [-0.39, 0.29) is 0 Å². The molecule has 0 aromatic carbocycles. The number of nitrogens with zero attached hydrogens (tertiary/aromatic N) is 1. The summed E-state index contributed by atoms with van der Waals surface area (Å²) in [6.07, 6.45) is 0.922. The summed E-state index contributed by atoms with van der Waals surface area (Å²) in [5.74, 6) is 3.50. The zero-order chi connectivity index (χ0) is 7.23. The highest BCUT2D eigenvalue weighted by atomic mass is 32.2. The molecule has 10 heavy (non-hydrogen) atoms. The maximum atomic E-state index is 8.50. The van der Waals surface area contributed by atoms with E-state index in [0.717, 1.165) is 18.1 Å². The van der Waals surface area contributed by atoms with E-state index in [4.69, 9.17) is 5.11 Å². The lowest BCUT2D eigenvalue weighted by Gasteiger charge is -2.10. The molecule has 0 bridgehead atoms. The fraction of sp³-hybridized carbons (Fsp3) is 1.00. The van der Waals surface area contributed by atoms with Gasteiger partial charge in [0.1, 0.15) is 0 Å². The van der Waals surface area contributed by atoms with Crippen molar-refractivity contribution in [2.45, 2.75) is 6.42 Å². The number of hydrogen-bond acceptors (Lipinski definition) is 4. The third kappa shape index (κ3) is 3.14. The summed E-state index contributed by atoms with van der Waals surface area (Å²) in [4.78, 5) is 0. The van der Waals surface area contributed by atoms with Crippen molar-refractivity contribution in [1.29, 1.82) is 0 Å². The Morgan fingerprint density at radius 1 is 1.60 bits per heavy atom. The Morgan fingerprint density at radius 2 is 2.50 bits per heavy atom. The summed E-state index contributed by atoms with van der Waals surface area (Å²) >= 11 is 3.84. The first-order valence-electron chi connectivity index (χ1n) is 3.50. The van der Waals surface area contributed by atoms with E-state index < -0.39 is 0 Å². The fourth-order valence-corrected chi connectivity index (χ4v) is 2.94. The molecule has 0 amide bonds. The Labute approximate surface area is 70.5 Å². The van der Waals surface area contributed by atoms with Crippen molar-refractivity contribution in [2.24, 2.45) is 0 Å². The molecule has 2 nitrogen and oxygen atoms in total. The molecular formula is C6H13NOS2. The second-order valence-corrected chi connectivity index (χ2v) is 4.41. The summed E-state index contributed by atoms with van der Waals surface area (Å²) < 4.78 is 2.36. The first-order chi connectivity index (χ1) is 4.93. The monoisotopic (exact) mass is 179 g/mol. The highest BCUT2D eigenvalue weighted by Crippen LogP contribution is 2.21. The molecule has 1 heterocycles. The summed E-state index contributed by atoms with van der Waals surface area (Å²) in [6.45, 7) is 1.54. The molecule has 0 aliphatic carbocycles. The zero-order valence-electron chi connectivity index (χ0n) is 5.95. The maximum Gasteiger partial charge on any atom is 0.0547 e. The van der Waals surface area contributed by atoms with Crippen LogP contribution in [0.1, 0.15) is 6.42 Å². The van der Waals surface area contributed by atoms with Gasteiger partial charge in [-0.3, -0.25) is 0 Å². The second-order valence-electron chi connectivity index (χ2n) is 2.15. The molecule has 1 fully saturated rings. The van der Waals surface area contributed by atoms with Crippen LogP contribution >= 0.6 is 23.7 Å². The van der Waals surface area contributed by atoms with Gasteiger partial charge in [-0.25, -0.2) is 4.31 Å². The van der Waals surface area contributed by atoms with Gasteiger partial charge in [0.15, 0.2) is 0 Å². The molecule has 60 valence electrons. The van der Waals surface area contributed by atoms with E-state index in [1.54, 1.807) is 0 Å². The van der Waals surface area contributed by atoms with E-state index in [1.807, 2.05) is 23.7 Å². The number of aliphatic hydroxyl groups is 1. The topological polar surface area (TPSA) is 23.5 Å². The van der Waals surface area contributed by atoms with Crippen molar-refractivity contribution in [3.05, 3.63) is 0 Å². The standard InChI is InChI=1S/C6H13NOS2/c8-3-1-4-10-7-2-5-9-6-7/h8H,1-6H2. The molecule has 0 spiro atoms. The van der Waals surface area contributed by atoms with Gasteiger partial charge >= 0.3 is 0 Å². The van der Waals surface area contributed by atoms with Gasteiger partial charge in [0.2, 0.25) is 0 Å². The van der Waals surface area contributed by atoms with Crippen molar-refractivity contribution in [2.75, 3.05) is 30.5 Å². The second kappa shape index (κ2) is 5.29. The maximum absolute atomic E-state index is 8.50. The van der Waals surface area contributed by atoms with Crippen LogP contribution in [0.15, 0.2) is 0 Å². The Kier molecular flexibility index (Phi) is 4.61. The minimum Gasteiger partial charge on any atom is -0.396 e. The van der Waals surface area contributed by atoms with Crippen LogP contribution in [0.4, 0.5) is 0 Å². The van der Waals surface area contributed by atoms with Gasteiger partial charge < -0.3 is 5.11 Å². The van der Waals surface area contributed by atoms with E-state index in [2.05, 4.69) is 4.31 Å². The van der Waals surface area contributed by atoms with Crippen molar-refractivity contribution in [3.8, 4) is 0 Å². The summed E-state index contributed by atoms with van der Waals surface area (Å²) in [5, 5.41) is 8.50. The van der Waals surface area contributed by atoms with Gasteiger partial charge in [-0.15, -0.1) is 11.8 Å². The largest absolute Gasteiger partial charge is 0.396 e. The smallest absolute Gasteiger partial charge is 0.0547 e. The molecule has 0 unspecified atom stereocenters. The Hall–Kier alpha value is 0.620. The number of thioether (sulfide) groups is 1. The lowest BCUT2D eigenvalue weighted by molar-refractivity contribution is 0.296. The van der Waals surface area contributed by atoms with Crippen molar-refractivity contribution in [3.63, 3.8) is 0 Å². The molecule has 0 aromatic heterocycles. The summed E-state index contributed by atoms with van der Waals surface area (Å²) in [7, 11) is 0. The van der Waals surface area contributed by atoms with Crippen LogP contribution in [0.25, 0.3) is 0 Å². The van der Waals surface area contributed by atoms with Crippen molar-refractivity contribution >= 4 is 23.7 Å². The minimum atomic E-state index is 0.327. The zero-order valence-corrected chi connectivity index (χ0v) is 7.59. The first-order valence-corrected chi connectivity index (χ1v) is 5.59. The van der Waals surface area contributed by atoms with E-state index in [9.17, 15) is 0 Å². The molecule has 0 aromatic rings. The van der Waals surface area contributed by atoms with Crippen LogP contribution in [0.5, 0.6) is 0 Å².